The number of hydrogen-bond donors (Lipinski definition) is 1. The van der Waals surface area contributed by atoms with Gasteiger partial charge >= 0.3 is 0 Å². The maximum absolute atomic E-state index is 12.7. The van der Waals surface area contributed by atoms with E-state index in [0.29, 0.717) is 18.3 Å². The fraction of sp³-hybridized carbons (Fsp3) is 0.583. The molecule has 3 aromatic rings. The largest absolute Gasteiger partial charge is 0.356 e. The summed E-state index contributed by atoms with van der Waals surface area (Å²) in [7, 11) is 0. The van der Waals surface area contributed by atoms with Crippen LogP contribution in [0, 0.1) is 13.8 Å². The van der Waals surface area contributed by atoms with E-state index in [1.165, 1.54) is 19.3 Å². The normalized spacial score (nSPS) is 20.6. The van der Waals surface area contributed by atoms with Crippen molar-refractivity contribution in [3.8, 4) is 11.3 Å². The summed E-state index contributed by atoms with van der Waals surface area (Å²) in [5, 5.41) is 12.1. The molecule has 0 aromatic carbocycles. The summed E-state index contributed by atoms with van der Waals surface area (Å²) in [6, 6.07) is 4.29. The third-order valence-corrected chi connectivity index (χ3v) is 6.77. The van der Waals surface area contributed by atoms with E-state index < -0.39 is 0 Å². The van der Waals surface area contributed by atoms with Crippen molar-refractivity contribution in [2.24, 2.45) is 0 Å². The highest BCUT2D eigenvalue weighted by atomic mass is 16.5. The van der Waals surface area contributed by atoms with Crippen LogP contribution in [0.2, 0.25) is 0 Å². The molecule has 1 saturated carbocycles. The van der Waals surface area contributed by atoms with Crippen molar-refractivity contribution in [3.05, 3.63) is 35.4 Å². The molecule has 1 amide bonds. The highest BCUT2D eigenvalue weighted by Crippen LogP contribution is 2.35. The lowest BCUT2D eigenvalue weighted by Gasteiger charge is -2.33. The number of nitrogens with one attached hydrogen (secondary N) is 1. The number of hydrogen-bond acceptors (Lipinski definition) is 6. The Balaban J connectivity index is 1.38. The van der Waals surface area contributed by atoms with Gasteiger partial charge in [-0.3, -0.25) is 9.69 Å². The van der Waals surface area contributed by atoms with Crippen LogP contribution in [0.5, 0.6) is 0 Å². The van der Waals surface area contributed by atoms with E-state index in [1.54, 1.807) is 0 Å². The SMILES string of the molecule is Cc1cc(-c2cnc3cc(C)nn3c2[C@@H]2CCCN(CC(=O)NC3CCCCC3)C2)on1. The van der Waals surface area contributed by atoms with Crippen LogP contribution in [-0.4, -0.2) is 56.2 Å². The Morgan fingerprint density at radius 3 is 2.75 bits per heavy atom. The van der Waals surface area contributed by atoms with Crippen LogP contribution in [0.3, 0.4) is 0 Å². The van der Waals surface area contributed by atoms with Crippen molar-refractivity contribution in [1.29, 1.82) is 0 Å². The number of amides is 1. The van der Waals surface area contributed by atoms with E-state index in [4.69, 9.17) is 9.62 Å². The van der Waals surface area contributed by atoms with Crippen molar-refractivity contribution >= 4 is 11.6 Å². The Morgan fingerprint density at radius 2 is 1.97 bits per heavy atom. The first-order valence-corrected chi connectivity index (χ1v) is 11.9. The molecule has 4 heterocycles. The van der Waals surface area contributed by atoms with Gasteiger partial charge in [0.05, 0.1) is 29.2 Å². The molecule has 8 heteroatoms. The van der Waals surface area contributed by atoms with Crippen LogP contribution in [-0.2, 0) is 4.79 Å². The van der Waals surface area contributed by atoms with Crippen LogP contribution >= 0.6 is 0 Å². The number of likely N-dealkylation sites (tertiary alicyclic amines) is 1. The topological polar surface area (TPSA) is 88.6 Å². The van der Waals surface area contributed by atoms with Gasteiger partial charge in [0.15, 0.2) is 11.4 Å². The molecule has 0 radical (unpaired) electrons. The summed E-state index contributed by atoms with van der Waals surface area (Å²) in [5.41, 5.74) is 4.64. The number of carbonyl (C=O) groups excluding carboxylic acids is 1. The minimum atomic E-state index is 0.151. The van der Waals surface area contributed by atoms with Gasteiger partial charge in [-0.15, -0.1) is 0 Å². The van der Waals surface area contributed by atoms with Gasteiger partial charge in [0.25, 0.3) is 0 Å². The third-order valence-electron chi connectivity index (χ3n) is 6.77. The molecule has 170 valence electrons. The van der Waals surface area contributed by atoms with Crippen LogP contribution < -0.4 is 5.32 Å². The zero-order valence-electron chi connectivity index (χ0n) is 19.0. The first kappa shape index (κ1) is 21.1. The highest BCUT2D eigenvalue weighted by molar-refractivity contribution is 5.78. The predicted octanol–water partition coefficient (Wildman–Crippen LogP) is 3.63. The molecule has 0 spiro atoms. The summed E-state index contributed by atoms with van der Waals surface area (Å²) < 4.78 is 7.56. The van der Waals surface area contributed by atoms with E-state index >= 15 is 0 Å². The molecule has 1 aliphatic carbocycles. The highest BCUT2D eigenvalue weighted by Gasteiger charge is 2.29. The van der Waals surface area contributed by atoms with Gasteiger partial charge in [-0.1, -0.05) is 24.4 Å². The molecule has 0 unspecified atom stereocenters. The first-order valence-electron chi connectivity index (χ1n) is 11.9. The number of fused-ring (bicyclic) bond motifs is 1. The lowest BCUT2D eigenvalue weighted by Crippen LogP contribution is -2.45. The summed E-state index contributed by atoms with van der Waals surface area (Å²) in [5.74, 6) is 1.10. The lowest BCUT2D eigenvalue weighted by molar-refractivity contribution is -0.123. The van der Waals surface area contributed by atoms with Crippen LogP contribution in [0.1, 0.15) is 67.9 Å². The zero-order valence-corrected chi connectivity index (χ0v) is 19.0. The van der Waals surface area contributed by atoms with E-state index in [1.807, 2.05) is 36.7 Å². The zero-order chi connectivity index (χ0) is 22.1. The van der Waals surface area contributed by atoms with Gasteiger partial charge in [-0.25, -0.2) is 9.50 Å². The van der Waals surface area contributed by atoms with Crippen LogP contribution in [0.4, 0.5) is 0 Å². The second kappa shape index (κ2) is 9.02. The van der Waals surface area contributed by atoms with Gasteiger partial charge < -0.3 is 9.84 Å². The number of nitrogens with zero attached hydrogens (tertiary/aromatic N) is 5. The molecule has 3 aromatic heterocycles. The van der Waals surface area contributed by atoms with Gasteiger partial charge in [0.1, 0.15) is 0 Å². The van der Waals surface area contributed by atoms with Crippen molar-refractivity contribution in [2.45, 2.75) is 70.8 Å². The Labute approximate surface area is 188 Å². The quantitative estimate of drug-likeness (QED) is 0.657. The number of aromatic nitrogens is 4. The minimum absolute atomic E-state index is 0.151. The molecule has 1 aliphatic heterocycles. The summed E-state index contributed by atoms with van der Waals surface area (Å²) >= 11 is 0. The lowest BCUT2D eigenvalue weighted by atomic mass is 9.91. The number of piperidine rings is 1. The van der Waals surface area contributed by atoms with E-state index in [2.05, 4.69) is 20.4 Å². The fourth-order valence-electron chi connectivity index (χ4n) is 5.28. The Bertz CT molecular complexity index is 1100. The van der Waals surface area contributed by atoms with Gasteiger partial charge in [0.2, 0.25) is 5.91 Å². The summed E-state index contributed by atoms with van der Waals surface area (Å²) in [6.45, 7) is 6.12. The molecule has 1 saturated heterocycles. The first-order chi connectivity index (χ1) is 15.6. The van der Waals surface area contributed by atoms with E-state index in [9.17, 15) is 4.79 Å². The smallest absolute Gasteiger partial charge is 0.234 e. The fourth-order valence-corrected chi connectivity index (χ4v) is 5.28. The van der Waals surface area contributed by atoms with Crippen molar-refractivity contribution in [3.63, 3.8) is 0 Å². The maximum atomic E-state index is 12.7. The van der Waals surface area contributed by atoms with Crippen LogP contribution in [0.15, 0.2) is 22.9 Å². The monoisotopic (exact) mass is 436 g/mol. The summed E-state index contributed by atoms with van der Waals surface area (Å²) in [6.07, 6.45) is 9.92. The van der Waals surface area contributed by atoms with Crippen molar-refractivity contribution in [2.75, 3.05) is 19.6 Å². The Hall–Kier alpha value is -2.74. The van der Waals surface area contributed by atoms with E-state index in [-0.39, 0.29) is 11.8 Å². The second-order valence-corrected chi connectivity index (χ2v) is 9.42. The Kier molecular flexibility index (Phi) is 5.95. The predicted molar refractivity (Wildman–Crippen MR) is 121 cm³/mol. The third kappa shape index (κ3) is 4.41. The number of carbonyl (C=O) groups is 1. The molecule has 2 fully saturated rings. The second-order valence-electron chi connectivity index (χ2n) is 9.42. The molecule has 32 heavy (non-hydrogen) atoms. The number of aryl methyl sites for hydroxylation is 2. The molecular formula is C24H32N6O2. The molecule has 1 N–H and O–H groups in total. The molecule has 0 bridgehead atoms. The van der Waals surface area contributed by atoms with Gasteiger partial charge in [-0.05, 0) is 46.1 Å². The van der Waals surface area contributed by atoms with Crippen LogP contribution in [0.25, 0.3) is 17.0 Å². The minimum Gasteiger partial charge on any atom is -0.356 e. The molecule has 1 atom stereocenters. The van der Waals surface area contributed by atoms with Crippen molar-refractivity contribution in [1.82, 2.24) is 30.0 Å². The van der Waals surface area contributed by atoms with Gasteiger partial charge in [0, 0.05) is 36.8 Å². The average Bonchev–Trinajstić information content (AvgIpc) is 3.38. The Morgan fingerprint density at radius 1 is 1.12 bits per heavy atom. The molecule has 5 rings (SSSR count). The molecular weight excluding hydrogens is 404 g/mol. The maximum Gasteiger partial charge on any atom is 0.234 e. The summed E-state index contributed by atoms with van der Waals surface area (Å²) in [4.78, 5) is 19.6. The van der Waals surface area contributed by atoms with Gasteiger partial charge in [-0.2, -0.15) is 5.10 Å². The standard InChI is InChI=1S/C24H32N6O2/c1-16-12-22-25-13-20(21-11-17(2)28-32-21)24(30(22)27-16)18-7-6-10-29(14-18)15-23(31)26-19-8-4-3-5-9-19/h11-13,18-19H,3-10,14-15H2,1-2H3,(H,26,31)/t18-/m1/s1. The molecule has 2 aliphatic rings. The van der Waals surface area contributed by atoms with E-state index in [0.717, 1.165) is 67.1 Å². The van der Waals surface area contributed by atoms with Crippen molar-refractivity contribution < 1.29 is 9.32 Å². The average molecular weight is 437 g/mol. The number of rotatable bonds is 5. The molecule has 8 nitrogen and oxygen atoms in total.